The summed E-state index contributed by atoms with van der Waals surface area (Å²) in [5.41, 5.74) is 2.30. The Labute approximate surface area is 163 Å². The fraction of sp³-hybridized carbons (Fsp3) is 0. The molecule has 6 nitrogen and oxygen atoms in total. The van der Waals surface area contributed by atoms with Gasteiger partial charge in [0.25, 0.3) is 11.8 Å². The number of thiophene rings is 1. The number of carbonyl (C=O) groups excluding carboxylic acids is 2. The first-order valence-corrected chi connectivity index (χ1v) is 9.26. The first-order chi connectivity index (χ1) is 13.1. The van der Waals surface area contributed by atoms with Crippen molar-refractivity contribution in [3.8, 4) is 0 Å². The molecule has 4 aromatic rings. The molecule has 2 amide bonds. The third-order valence-corrected chi connectivity index (χ3v) is 5.04. The fourth-order valence-electron chi connectivity index (χ4n) is 2.55. The molecule has 8 heteroatoms. The number of amides is 2. The molecule has 0 saturated heterocycles. The number of fused-ring (bicyclic) bond motifs is 1. The zero-order valence-electron chi connectivity index (χ0n) is 13.8. The number of imidazole rings is 1. The second-order valence-corrected chi connectivity index (χ2v) is 7.04. The number of nitrogens with zero attached hydrogens (tertiary/aromatic N) is 1. The first-order valence-electron chi connectivity index (χ1n) is 8.00. The summed E-state index contributed by atoms with van der Waals surface area (Å²) in [5.74, 6) is -0.292. The maximum absolute atomic E-state index is 12.5. The molecule has 2 aromatic heterocycles. The Morgan fingerprint density at radius 1 is 1.00 bits per heavy atom. The van der Waals surface area contributed by atoms with Crippen molar-refractivity contribution in [2.75, 3.05) is 10.6 Å². The van der Waals surface area contributed by atoms with Crippen LogP contribution in [0.3, 0.4) is 0 Å². The van der Waals surface area contributed by atoms with Crippen molar-refractivity contribution in [1.29, 1.82) is 0 Å². The van der Waals surface area contributed by atoms with E-state index in [4.69, 9.17) is 11.6 Å². The second kappa shape index (κ2) is 7.22. The standard InChI is InChI=1S/C19H13ClN4O2S/c20-12-8-7-11(10-15(12)21-18(26)16-6-3-9-27-16)17(25)24-19-22-13-4-1-2-5-14(13)23-19/h1-10H,(H,21,26)(H2,22,23,24,25). The summed E-state index contributed by atoms with van der Waals surface area (Å²) in [5, 5.41) is 7.61. The van der Waals surface area contributed by atoms with E-state index in [9.17, 15) is 9.59 Å². The lowest BCUT2D eigenvalue weighted by molar-refractivity contribution is 0.101. The van der Waals surface area contributed by atoms with E-state index in [0.29, 0.717) is 27.1 Å². The second-order valence-electron chi connectivity index (χ2n) is 5.68. The number of anilines is 2. The summed E-state index contributed by atoms with van der Waals surface area (Å²) < 4.78 is 0. The van der Waals surface area contributed by atoms with Crippen molar-refractivity contribution in [3.05, 3.63) is 75.4 Å². The minimum absolute atomic E-state index is 0.276. The fourth-order valence-corrected chi connectivity index (χ4v) is 3.33. The summed E-state index contributed by atoms with van der Waals surface area (Å²) in [6, 6.07) is 15.7. The van der Waals surface area contributed by atoms with Gasteiger partial charge in [-0.2, -0.15) is 0 Å². The van der Waals surface area contributed by atoms with Gasteiger partial charge in [-0.25, -0.2) is 4.98 Å². The number of para-hydroxylation sites is 2. The van der Waals surface area contributed by atoms with Crippen LogP contribution in [0.15, 0.2) is 60.0 Å². The van der Waals surface area contributed by atoms with Crippen LogP contribution in [0.4, 0.5) is 11.6 Å². The molecule has 3 N–H and O–H groups in total. The van der Waals surface area contributed by atoms with Gasteiger partial charge in [-0.3, -0.25) is 14.9 Å². The molecule has 0 spiro atoms. The lowest BCUT2D eigenvalue weighted by Gasteiger charge is -2.09. The van der Waals surface area contributed by atoms with Gasteiger partial charge in [0.15, 0.2) is 0 Å². The highest BCUT2D eigenvalue weighted by molar-refractivity contribution is 7.12. The first kappa shape index (κ1) is 17.3. The molecule has 134 valence electrons. The van der Waals surface area contributed by atoms with E-state index in [-0.39, 0.29) is 11.8 Å². The zero-order valence-corrected chi connectivity index (χ0v) is 15.4. The van der Waals surface area contributed by atoms with Gasteiger partial charge in [-0.05, 0) is 41.8 Å². The van der Waals surface area contributed by atoms with Crippen LogP contribution < -0.4 is 10.6 Å². The van der Waals surface area contributed by atoms with E-state index >= 15 is 0 Å². The molecule has 4 rings (SSSR count). The summed E-state index contributed by atoms with van der Waals surface area (Å²) in [7, 11) is 0. The van der Waals surface area contributed by atoms with Gasteiger partial charge >= 0.3 is 0 Å². The number of rotatable bonds is 4. The Hall–Kier alpha value is -3.16. The predicted octanol–water partition coefficient (Wildman–Crippen LogP) is 4.78. The molecular formula is C19H13ClN4O2S. The Morgan fingerprint density at radius 3 is 2.63 bits per heavy atom. The molecule has 2 heterocycles. The lowest BCUT2D eigenvalue weighted by Crippen LogP contribution is -2.15. The predicted molar refractivity (Wildman–Crippen MR) is 108 cm³/mol. The highest BCUT2D eigenvalue weighted by Gasteiger charge is 2.14. The van der Waals surface area contributed by atoms with Gasteiger partial charge in [0, 0.05) is 5.56 Å². The number of hydrogen-bond acceptors (Lipinski definition) is 4. The van der Waals surface area contributed by atoms with Crippen LogP contribution in [0.1, 0.15) is 20.0 Å². The van der Waals surface area contributed by atoms with Gasteiger partial charge in [-0.15, -0.1) is 11.3 Å². The van der Waals surface area contributed by atoms with Gasteiger partial charge in [0.1, 0.15) is 0 Å². The molecular weight excluding hydrogens is 384 g/mol. The normalized spacial score (nSPS) is 10.7. The monoisotopic (exact) mass is 396 g/mol. The van der Waals surface area contributed by atoms with Gasteiger partial charge in [0.05, 0.1) is 26.6 Å². The van der Waals surface area contributed by atoms with E-state index in [1.54, 1.807) is 24.3 Å². The van der Waals surface area contributed by atoms with Crippen LogP contribution in [-0.4, -0.2) is 21.8 Å². The Balaban J connectivity index is 1.54. The number of carbonyl (C=O) groups is 2. The van der Waals surface area contributed by atoms with E-state index in [1.807, 2.05) is 29.6 Å². The van der Waals surface area contributed by atoms with Crippen LogP contribution in [0, 0.1) is 0 Å². The Kier molecular flexibility index (Phi) is 4.62. The minimum Gasteiger partial charge on any atom is -0.324 e. The highest BCUT2D eigenvalue weighted by atomic mass is 35.5. The van der Waals surface area contributed by atoms with Crippen molar-refractivity contribution in [2.24, 2.45) is 0 Å². The number of hydrogen-bond donors (Lipinski definition) is 3. The summed E-state index contributed by atoms with van der Waals surface area (Å²) in [6.45, 7) is 0. The molecule has 0 fully saturated rings. The average molecular weight is 397 g/mol. The molecule has 2 aromatic carbocycles. The quantitative estimate of drug-likeness (QED) is 0.463. The Bertz CT molecular complexity index is 1100. The molecule has 0 aliphatic heterocycles. The van der Waals surface area contributed by atoms with Crippen molar-refractivity contribution in [1.82, 2.24) is 9.97 Å². The molecule has 0 aliphatic rings. The Morgan fingerprint density at radius 2 is 1.85 bits per heavy atom. The third-order valence-electron chi connectivity index (χ3n) is 3.84. The van der Waals surface area contributed by atoms with Gasteiger partial charge < -0.3 is 10.3 Å². The van der Waals surface area contributed by atoms with Crippen LogP contribution in [-0.2, 0) is 0 Å². The highest BCUT2D eigenvalue weighted by Crippen LogP contribution is 2.25. The van der Waals surface area contributed by atoms with E-state index in [0.717, 1.165) is 11.0 Å². The summed E-state index contributed by atoms with van der Waals surface area (Å²) >= 11 is 7.48. The molecule has 0 radical (unpaired) electrons. The topological polar surface area (TPSA) is 86.9 Å². The van der Waals surface area contributed by atoms with Crippen molar-refractivity contribution in [3.63, 3.8) is 0 Å². The minimum atomic E-state index is -0.364. The number of nitrogens with one attached hydrogen (secondary N) is 3. The number of H-pyrrole nitrogens is 1. The molecule has 27 heavy (non-hydrogen) atoms. The maximum Gasteiger partial charge on any atom is 0.265 e. The average Bonchev–Trinajstić information content (AvgIpc) is 3.32. The summed E-state index contributed by atoms with van der Waals surface area (Å²) in [4.78, 5) is 32.7. The number of aromatic amines is 1. The maximum atomic E-state index is 12.5. The van der Waals surface area contributed by atoms with Crippen LogP contribution in [0.25, 0.3) is 11.0 Å². The third kappa shape index (κ3) is 3.69. The van der Waals surface area contributed by atoms with E-state index in [1.165, 1.54) is 17.4 Å². The number of halogens is 1. The van der Waals surface area contributed by atoms with Gasteiger partial charge in [0.2, 0.25) is 5.95 Å². The lowest BCUT2D eigenvalue weighted by atomic mass is 10.2. The molecule has 0 unspecified atom stereocenters. The largest absolute Gasteiger partial charge is 0.324 e. The summed E-state index contributed by atoms with van der Waals surface area (Å²) in [6.07, 6.45) is 0. The van der Waals surface area contributed by atoms with Gasteiger partial charge in [-0.1, -0.05) is 29.8 Å². The smallest absolute Gasteiger partial charge is 0.265 e. The molecule has 0 atom stereocenters. The molecule has 0 bridgehead atoms. The van der Waals surface area contributed by atoms with E-state index < -0.39 is 0 Å². The number of benzene rings is 2. The SMILES string of the molecule is O=C(Nc1nc2ccccc2[nH]1)c1ccc(Cl)c(NC(=O)c2cccs2)c1. The van der Waals surface area contributed by atoms with Crippen molar-refractivity contribution in [2.45, 2.75) is 0 Å². The van der Waals surface area contributed by atoms with Crippen molar-refractivity contribution < 1.29 is 9.59 Å². The van der Waals surface area contributed by atoms with Crippen LogP contribution in [0.2, 0.25) is 5.02 Å². The van der Waals surface area contributed by atoms with E-state index in [2.05, 4.69) is 20.6 Å². The van der Waals surface area contributed by atoms with Crippen molar-refractivity contribution >= 4 is 57.4 Å². The van der Waals surface area contributed by atoms with Crippen LogP contribution >= 0.6 is 22.9 Å². The molecule has 0 aliphatic carbocycles. The number of aromatic nitrogens is 2. The van der Waals surface area contributed by atoms with Crippen LogP contribution in [0.5, 0.6) is 0 Å². The zero-order chi connectivity index (χ0) is 18.8. The molecule has 0 saturated carbocycles.